The van der Waals surface area contributed by atoms with E-state index in [0.717, 1.165) is 36.3 Å². The number of carbonyl (C=O) groups excluding carboxylic acids is 2. The molecule has 0 unspecified atom stereocenters. The van der Waals surface area contributed by atoms with Gasteiger partial charge in [-0.1, -0.05) is 19.3 Å². The van der Waals surface area contributed by atoms with E-state index in [1.54, 1.807) is 13.0 Å². The molecule has 30 heavy (non-hydrogen) atoms. The van der Waals surface area contributed by atoms with Crippen LogP contribution < -0.4 is 10.6 Å². The van der Waals surface area contributed by atoms with Crippen LogP contribution in [0, 0.1) is 23.0 Å². The SMILES string of the molecule is Cc1cc([N+](=O)[O-])ccc1NC(=O)CSc1ccc(NC(=O)C2CCCCC2)cc1. The lowest BCUT2D eigenvalue weighted by molar-refractivity contribution is -0.384. The Morgan fingerprint density at radius 1 is 1.07 bits per heavy atom. The number of aryl methyl sites for hydroxylation is 1. The van der Waals surface area contributed by atoms with Crippen molar-refractivity contribution < 1.29 is 14.5 Å². The molecule has 0 radical (unpaired) electrons. The zero-order valence-electron chi connectivity index (χ0n) is 16.8. The smallest absolute Gasteiger partial charge is 0.269 e. The highest BCUT2D eigenvalue weighted by Gasteiger charge is 2.21. The lowest BCUT2D eigenvalue weighted by Crippen LogP contribution is -2.24. The molecule has 2 aromatic rings. The molecule has 0 atom stereocenters. The van der Waals surface area contributed by atoms with Crippen molar-refractivity contribution in [1.82, 2.24) is 0 Å². The molecule has 8 heteroatoms. The largest absolute Gasteiger partial charge is 0.326 e. The van der Waals surface area contributed by atoms with Gasteiger partial charge in [-0.2, -0.15) is 0 Å². The maximum Gasteiger partial charge on any atom is 0.269 e. The zero-order chi connectivity index (χ0) is 21.5. The number of anilines is 2. The third-order valence-corrected chi connectivity index (χ3v) is 6.17. The van der Waals surface area contributed by atoms with Gasteiger partial charge in [0, 0.05) is 34.3 Å². The van der Waals surface area contributed by atoms with Gasteiger partial charge in [-0.15, -0.1) is 11.8 Å². The summed E-state index contributed by atoms with van der Waals surface area (Å²) in [5.41, 5.74) is 1.96. The minimum atomic E-state index is -0.463. The number of hydrogen-bond acceptors (Lipinski definition) is 5. The molecular weight excluding hydrogens is 402 g/mol. The fourth-order valence-electron chi connectivity index (χ4n) is 3.48. The molecule has 0 saturated heterocycles. The van der Waals surface area contributed by atoms with Gasteiger partial charge in [-0.05, 0) is 55.7 Å². The number of thioether (sulfide) groups is 1. The average Bonchev–Trinajstić information content (AvgIpc) is 2.75. The van der Waals surface area contributed by atoms with Crippen LogP contribution in [0.15, 0.2) is 47.4 Å². The number of amides is 2. The third-order valence-electron chi connectivity index (χ3n) is 5.16. The van der Waals surface area contributed by atoms with E-state index in [2.05, 4.69) is 10.6 Å². The topological polar surface area (TPSA) is 101 Å². The Balaban J connectivity index is 1.48. The molecule has 1 aliphatic carbocycles. The van der Waals surface area contributed by atoms with Crippen LogP contribution in [0.2, 0.25) is 0 Å². The van der Waals surface area contributed by atoms with Gasteiger partial charge in [0.2, 0.25) is 11.8 Å². The minimum Gasteiger partial charge on any atom is -0.326 e. The minimum absolute atomic E-state index is 0.00413. The Morgan fingerprint density at radius 2 is 1.77 bits per heavy atom. The summed E-state index contributed by atoms with van der Waals surface area (Å²) in [4.78, 5) is 35.8. The Bertz CT molecular complexity index is 924. The van der Waals surface area contributed by atoms with Crippen LogP contribution in [-0.2, 0) is 9.59 Å². The molecule has 0 bridgehead atoms. The molecule has 0 aliphatic heterocycles. The Hall–Kier alpha value is -2.87. The van der Waals surface area contributed by atoms with Gasteiger partial charge in [0.25, 0.3) is 5.69 Å². The fourth-order valence-corrected chi connectivity index (χ4v) is 4.18. The van der Waals surface area contributed by atoms with Gasteiger partial charge in [0.05, 0.1) is 10.7 Å². The molecule has 158 valence electrons. The molecule has 0 spiro atoms. The van der Waals surface area contributed by atoms with E-state index in [1.807, 2.05) is 24.3 Å². The van der Waals surface area contributed by atoms with Crippen molar-refractivity contribution in [2.75, 3.05) is 16.4 Å². The van der Waals surface area contributed by atoms with E-state index < -0.39 is 4.92 Å². The maximum absolute atomic E-state index is 12.3. The number of nitrogens with zero attached hydrogens (tertiary/aromatic N) is 1. The molecule has 2 aromatic carbocycles. The highest BCUT2D eigenvalue weighted by molar-refractivity contribution is 8.00. The average molecular weight is 428 g/mol. The maximum atomic E-state index is 12.3. The van der Waals surface area contributed by atoms with Crippen LogP contribution in [0.1, 0.15) is 37.7 Å². The molecule has 0 heterocycles. The van der Waals surface area contributed by atoms with E-state index in [-0.39, 0.29) is 29.2 Å². The normalized spacial score (nSPS) is 14.2. The summed E-state index contributed by atoms with van der Waals surface area (Å²) in [5, 5.41) is 16.6. The Morgan fingerprint density at radius 3 is 2.40 bits per heavy atom. The second kappa shape index (κ2) is 10.2. The summed E-state index contributed by atoms with van der Waals surface area (Å²) in [6.45, 7) is 1.72. The molecular formula is C22H25N3O4S. The monoisotopic (exact) mass is 427 g/mol. The van der Waals surface area contributed by atoms with Crippen molar-refractivity contribution in [3.05, 3.63) is 58.1 Å². The van der Waals surface area contributed by atoms with Crippen molar-refractivity contribution in [2.24, 2.45) is 5.92 Å². The highest BCUT2D eigenvalue weighted by atomic mass is 32.2. The summed E-state index contributed by atoms with van der Waals surface area (Å²) in [6.07, 6.45) is 5.38. The standard InChI is InChI=1S/C22H25N3O4S/c1-15-13-18(25(28)29)9-12-20(15)24-21(26)14-30-19-10-7-17(8-11-19)23-22(27)16-5-3-2-4-6-16/h7-13,16H,2-6,14H2,1H3,(H,23,27)(H,24,26). The predicted octanol–water partition coefficient (Wildman–Crippen LogP) is 5.15. The van der Waals surface area contributed by atoms with Gasteiger partial charge in [-0.25, -0.2) is 0 Å². The number of non-ortho nitro benzene ring substituents is 1. The first-order chi connectivity index (χ1) is 14.4. The zero-order valence-corrected chi connectivity index (χ0v) is 17.7. The molecule has 1 saturated carbocycles. The molecule has 2 amide bonds. The van der Waals surface area contributed by atoms with Crippen LogP contribution in [0.3, 0.4) is 0 Å². The van der Waals surface area contributed by atoms with Crippen molar-refractivity contribution in [3.8, 4) is 0 Å². The number of hydrogen-bond donors (Lipinski definition) is 2. The summed E-state index contributed by atoms with van der Waals surface area (Å²) in [5.74, 6) is 0.225. The van der Waals surface area contributed by atoms with Crippen molar-refractivity contribution in [1.29, 1.82) is 0 Å². The first kappa shape index (κ1) is 21.8. The van der Waals surface area contributed by atoms with E-state index >= 15 is 0 Å². The van der Waals surface area contributed by atoms with E-state index in [1.165, 1.54) is 30.3 Å². The number of rotatable bonds is 7. The van der Waals surface area contributed by atoms with Crippen LogP contribution in [0.25, 0.3) is 0 Å². The number of nitro benzene ring substituents is 1. The Labute approximate surface area is 179 Å². The summed E-state index contributed by atoms with van der Waals surface area (Å²) >= 11 is 1.38. The lowest BCUT2D eigenvalue weighted by atomic mass is 9.88. The molecule has 1 aliphatic rings. The second-order valence-corrected chi connectivity index (χ2v) is 8.49. The van der Waals surface area contributed by atoms with Gasteiger partial charge in [0.1, 0.15) is 0 Å². The van der Waals surface area contributed by atoms with Crippen molar-refractivity contribution in [2.45, 2.75) is 43.9 Å². The molecule has 1 fully saturated rings. The van der Waals surface area contributed by atoms with Crippen molar-refractivity contribution in [3.63, 3.8) is 0 Å². The Kier molecular flexibility index (Phi) is 7.46. The van der Waals surface area contributed by atoms with E-state index in [0.29, 0.717) is 11.3 Å². The molecule has 2 N–H and O–H groups in total. The molecule has 3 rings (SSSR count). The van der Waals surface area contributed by atoms with Gasteiger partial charge >= 0.3 is 0 Å². The van der Waals surface area contributed by atoms with Crippen LogP contribution in [-0.4, -0.2) is 22.5 Å². The van der Waals surface area contributed by atoms with E-state index in [4.69, 9.17) is 0 Å². The van der Waals surface area contributed by atoms with E-state index in [9.17, 15) is 19.7 Å². The van der Waals surface area contributed by atoms with Crippen LogP contribution in [0.5, 0.6) is 0 Å². The summed E-state index contributed by atoms with van der Waals surface area (Å²) in [7, 11) is 0. The van der Waals surface area contributed by atoms with Gasteiger partial charge < -0.3 is 10.6 Å². The molecule has 0 aromatic heterocycles. The van der Waals surface area contributed by atoms with Crippen LogP contribution in [0.4, 0.5) is 17.1 Å². The van der Waals surface area contributed by atoms with Gasteiger partial charge in [0.15, 0.2) is 0 Å². The highest BCUT2D eigenvalue weighted by Crippen LogP contribution is 2.26. The quantitative estimate of drug-likeness (QED) is 0.361. The van der Waals surface area contributed by atoms with Gasteiger partial charge in [-0.3, -0.25) is 19.7 Å². The number of benzene rings is 2. The number of carbonyl (C=O) groups is 2. The first-order valence-corrected chi connectivity index (χ1v) is 11.0. The number of nitrogens with one attached hydrogen (secondary N) is 2. The number of nitro groups is 1. The third kappa shape index (κ3) is 6.06. The second-order valence-electron chi connectivity index (χ2n) is 7.44. The summed E-state index contributed by atoms with van der Waals surface area (Å²) in [6, 6.07) is 11.8. The van der Waals surface area contributed by atoms with Crippen LogP contribution >= 0.6 is 11.8 Å². The fraction of sp³-hybridized carbons (Fsp3) is 0.364. The van der Waals surface area contributed by atoms with Crippen molar-refractivity contribution >= 4 is 40.6 Å². The first-order valence-electron chi connectivity index (χ1n) is 10.0. The molecule has 7 nitrogen and oxygen atoms in total. The predicted molar refractivity (Wildman–Crippen MR) is 119 cm³/mol. The lowest BCUT2D eigenvalue weighted by Gasteiger charge is -2.20. The summed E-state index contributed by atoms with van der Waals surface area (Å²) < 4.78 is 0.